The van der Waals surface area contributed by atoms with Crippen molar-refractivity contribution in [2.24, 2.45) is 0 Å². The van der Waals surface area contributed by atoms with Crippen molar-refractivity contribution in [2.75, 3.05) is 26.0 Å². The quantitative estimate of drug-likeness (QED) is 0.788. The van der Waals surface area contributed by atoms with Gasteiger partial charge in [0.1, 0.15) is 10.6 Å². The van der Waals surface area contributed by atoms with E-state index in [9.17, 15) is 18.0 Å². The lowest BCUT2D eigenvalue weighted by Crippen LogP contribution is -2.48. The Labute approximate surface area is 151 Å². The van der Waals surface area contributed by atoms with Crippen molar-refractivity contribution in [3.8, 4) is 5.75 Å². The summed E-state index contributed by atoms with van der Waals surface area (Å²) < 4.78 is 32.5. The summed E-state index contributed by atoms with van der Waals surface area (Å²) >= 11 is 1.01. The second kappa shape index (κ2) is 6.97. The second-order valence-corrected chi connectivity index (χ2v) is 8.94. The molecule has 2 fully saturated rings. The van der Waals surface area contributed by atoms with Gasteiger partial charge in [0.15, 0.2) is 0 Å². The number of sulfonamides is 1. The highest BCUT2D eigenvalue weighted by molar-refractivity contribution is 8.14. The van der Waals surface area contributed by atoms with E-state index in [1.165, 1.54) is 16.3 Å². The number of amides is 2. The predicted octanol–water partition coefficient (Wildman–Crippen LogP) is 1.85. The van der Waals surface area contributed by atoms with Gasteiger partial charge in [-0.05, 0) is 37.5 Å². The van der Waals surface area contributed by atoms with Gasteiger partial charge in [-0.15, -0.1) is 0 Å². The fraction of sp³-hybridized carbons (Fsp3) is 0.500. The fourth-order valence-electron chi connectivity index (χ4n) is 3.18. The van der Waals surface area contributed by atoms with Crippen LogP contribution in [0, 0.1) is 6.92 Å². The van der Waals surface area contributed by atoms with Crippen LogP contribution in [0.5, 0.6) is 5.75 Å². The van der Waals surface area contributed by atoms with E-state index in [-0.39, 0.29) is 40.9 Å². The summed E-state index contributed by atoms with van der Waals surface area (Å²) in [5.41, 5.74) is 0.833. The highest BCUT2D eigenvalue weighted by Crippen LogP contribution is 2.32. The van der Waals surface area contributed by atoms with E-state index in [1.54, 1.807) is 18.2 Å². The van der Waals surface area contributed by atoms with Gasteiger partial charge in [0, 0.05) is 19.1 Å². The second-order valence-electron chi connectivity index (χ2n) is 6.11. The molecule has 1 aromatic carbocycles. The predicted molar refractivity (Wildman–Crippen MR) is 94.2 cm³/mol. The first-order chi connectivity index (χ1) is 11.8. The molecule has 0 saturated carbocycles. The molecule has 0 N–H and O–H groups in total. The third-order valence-electron chi connectivity index (χ3n) is 4.51. The number of hydrogen-bond donors (Lipinski definition) is 0. The molecule has 2 heterocycles. The first kappa shape index (κ1) is 18.2. The zero-order valence-corrected chi connectivity index (χ0v) is 15.7. The summed E-state index contributed by atoms with van der Waals surface area (Å²) in [5.74, 6) is 0.309. The summed E-state index contributed by atoms with van der Waals surface area (Å²) in [6.07, 6.45) is 0.900. The molecule has 0 radical (unpaired) electrons. The van der Waals surface area contributed by atoms with Gasteiger partial charge >= 0.3 is 0 Å². The lowest BCUT2D eigenvalue weighted by molar-refractivity contribution is -0.126. The molecule has 0 bridgehead atoms. The number of benzene rings is 1. The summed E-state index contributed by atoms with van der Waals surface area (Å²) in [5, 5.41) is -0.230. The molecule has 0 aromatic heterocycles. The molecule has 2 saturated heterocycles. The largest absolute Gasteiger partial charge is 0.495 e. The fourth-order valence-corrected chi connectivity index (χ4v) is 5.67. The SMILES string of the molecule is COc1ccc(C)cc1S(=O)(=O)N1CCC(N2C(=O)CSC2=O)CC1. The average molecular weight is 384 g/mol. The number of rotatable bonds is 4. The number of hydrogen-bond acceptors (Lipinski definition) is 6. The highest BCUT2D eigenvalue weighted by atomic mass is 32.2. The number of carbonyl (C=O) groups is 2. The number of nitrogens with zero attached hydrogens (tertiary/aromatic N) is 2. The van der Waals surface area contributed by atoms with Gasteiger partial charge in [0.2, 0.25) is 15.9 Å². The molecule has 0 aliphatic carbocycles. The van der Waals surface area contributed by atoms with E-state index >= 15 is 0 Å². The van der Waals surface area contributed by atoms with E-state index in [0.717, 1.165) is 17.3 Å². The highest BCUT2D eigenvalue weighted by Gasteiger charge is 2.39. The topological polar surface area (TPSA) is 84.0 Å². The van der Waals surface area contributed by atoms with Gasteiger partial charge in [-0.1, -0.05) is 17.8 Å². The van der Waals surface area contributed by atoms with Gasteiger partial charge in [-0.2, -0.15) is 4.31 Å². The van der Waals surface area contributed by atoms with Crippen LogP contribution in [-0.2, 0) is 14.8 Å². The Kier molecular flexibility index (Phi) is 5.08. The van der Waals surface area contributed by atoms with Crippen LogP contribution in [0.4, 0.5) is 4.79 Å². The Morgan fingerprint density at radius 2 is 1.88 bits per heavy atom. The minimum absolute atomic E-state index is 0.150. The van der Waals surface area contributed by atoms with Crippen LogP contribution in [0.15, 0.2) is 23.1 Å². The number of methoxy groups -OCH3 is 1. The standard InChI is InChI=1S/C16H20N2O5S2/c1-11-3-4-13(23-2)14(9-11)25(21,22)17-7-5-12(6-8-17)18-15(19)10-24-16(18)20/h3-4,9,12H,5-8,10H2,1-2H3. The number of carbonyl (C=O) groups excluding carboxylic acids is 2. The Morgan fingerprint density at radius 3 is 2.44 bits per heavy atom. The van der Waals surface area contributed by atoms with Crippen LogP contribution in [0.2, 0.25) is 0 Å². The zero-order valence-electron chi connectivity index (χ0n) is 14.1. The summed E-state index contributed by atoms with van der Waals surface area (Å²) in [4.78, 5) is 25.1. The molecule has 0 spiro atoms. The smallest absolute Gasteiger partial charge is 0.289 e. The monoisotopic (exact) mass is 384 g/mol. The third kappa shape index (κ3) is 3.40. The van der Waals surface area contributed by atoms with Crippen molar-refractivity contribution < 1.29 is 22.7 Å². The van der Waals surface area contributed by atoms with E-state index in [2.05, 4.69) is 0 Å². The average Bonchev–Trinajstić information content (AvgIpc) is 2.93. The number of imide groups is 1. The Hall–Kier alpha value is -1.58. The van der Waals surface area contributed by atoms with Gasteiger partial charge in [0.25, 0.3) is 5.24 Å². The third-order valence-corrected chi connectivity index (χ3v) is 7.26. The molecule has 2 aliphatic rings. The summed E-state index contributed by atoms with van der Waals surface area (Å²) in [6.45, 7) is 2.37. The van der Waals surface area contributed by atoms with Crippen LogP contribution in [0.1, 0.15) is 18.4 Å². The Bertz CT molecular complexity index is 785. The van der Waals surface area contributed by atoms with Gasteiger partial charge in [0.05, 0.1) is 12.9 Å². The summed E-state index contributed by atoms with van der Waals surface area (Å²) in [7, 11) is -2.24. The van der Waals surface area contributed by atoms with Crippen molar-refractivity contribution in [3.63, 3.8) is 0 Å². The first-order valence-corrected chi connectivity index (χ1v) is 10.4. The molecule has 3 rings (SSSR count). The molecule has 136 valence electrons. The number of aryl methyl sites for hydroxylation is 1. The first-order valence-electron chi connectivity index (χ1n) is 7.98. The molecule has 25 heavy (non-hydrogen) atoms. The van der Waals surface area contributed by atoms with Crippen molar-refractivity contribution in [3.05, 3.63) is 23.8 Å². The van der Waals surface area contributed by atoms with E-state index < -0.39 is 10.0 Å². The maximum absolute atomic E-state index is 13.0. The Morgan fingerprint density at radius 1 is 1.20 bits per heavy atom. The van der Waals surface area contributed by atoms with Crippen molar-refractivity contribution in [2.45, 2.75) is 30.7 Å². The molecule has 7 nitrogen and oxygen atoms in total. The van der Waals surface area contributed by atoms with Crippen LogP contribution < -0.4 is 4.74 Å². The van der Waals surface area contributed by atoms with E-state index in [0.29, 0.717) is 18.6 Å². The van der Waals surface area contributed by atoms with Crippen LogP contribution in [0.25, 0.3) is 0 Å². The van der Waals surface area contributed by atoms with Crippen LogP contribution >= 0.6 is 11.8 Å². The van der Waals surface area contributed by atoms with Crippen LogP contribution in [0.3, 0.4) is 0 Å². The van der Waals surface area contributed by atoms with Crippen LogP contribution in [-0.4, -0.2) is 60.8 Å². The number of thioether (sulfide) groups is 1. The van der Waals surface area contributed by atoms with Gasteiger partial charge in [-0.25, -0.2) is 8.42 Å². The van der Waals surface area contributed by atoms with E-state index in [1.807, 2.05) is 6.92 Å². The Balaban J connectivity index is 1.77. The van der Waals surface area contributed by atoms with Gasteiger partial charge in [-0.3, -0.25) is 14.5 Å². The van der Waals surface area contributed by atoms with Crippen molar-refractivity contribution >= 4 is 32.9 Å². The molecule has 0 unspecified atom stereocenters. The molecular weight excluding hydrogens is 364 g/mol. The molecule has 9 heteroatoms. The van der Waals surface area contributed by atoms with Crippen molar-refractivity contribution in [1.82, 2.24) is 9.21 Å². The van der Waals surface area contributed by atoms with Gasteiger partial charge < -0.3 is 4.74 Å². The normalized spacial score (nSPS) is 20.3. The molecule has 2 aliphatic heterocycles. The molecule has 2 amide bonds. The minimum Gasteiger partial charge on any atom is -0.495 e. The molecular formula is C16H20N2O5S2. The van der Waals surface area contributed by atoms with E-state index in [4.69, 9.17) is 4.74 Å². The summed E-state index contributed by atoms with van der Waals surface area (Å²) in [6, 6.07) is 4.82. The molecule has 1 aromatic rings. The zero-order chi connectivity index (χ0) is 18.2. The maximum Gasteiger partial charge on any atom is 0.289 e. The van der Waals surface area contributed by atoms with Crippen molar-refractivity contribution in [1.29, 1.82) is 0 Å². The molecule has 0 atom stereocenters. The minimum atomic E-state index is -3.69. The number of piperidine rings is 1. The lowest BCUT2D eigenvalue weighted by atomic mass is 10.1. The number of ether oxygens (including phenoxy) is 1. The lowest BCUT2D eigenvalue weighted by Gasteiger charge is -2.34. The maximum atomic E-state index is 13.0.